The molecule has 0 spiro atoms. The van der Waals surface area contributed by atoms with E-state index in [1.165, 1.54) is 17.0 Å². The number of carbonyl (C=O) groups excluding carboxylic acids is 2. The van der Waals surface area contributed by atoms with E-state index in [2.05, 4.69) is 4.72 Å². The molecule has 1 N–H and O–H groups in total. The maximum atomic E-state index is 13.3. The second-order valence-electron chi connectivity index (χ2n) is 8.59. The molecular weight excluding hydrogens is 388 g/mol. The van der Waals surface area contributed by atoms with E-state index in [4.69, 9.17) is 0 Å². The van der Waals surface area contributed by atoms with Crippen LogP contribution in [0.25, 0.3) is 0 Å². The van der Waals surface area contributed by atoms with Gasteiger partial charge in [-0.2, -0.15) is 0 Å². The Kier molecular flexibility index (Phi) is 4.35. The fourth-order valence-electron chi connectivity index (χ4n) is 4.57. The highest BCUT2D eigenvalue weighted by atomic mass is 32.2. The summed E-state index contributed by atoms with van der Waals surface area (Å²) in [6.07, 6.45) is 1.32. The zero-order valence-electron chi connectivity index (χ0n) is 16.7. The molecule has 2 bridgehead atoms. The quantitative estimate of drug-likeness (QED) is 0.774. The first kappa shape index (κ1) is 19.6. The van der Waals surface area contributed by atoms with E-state index < -0.39 is 20.9 Å². The first-order valence-corrected chi connectivity index (χ1v) is 11.1. The van der Waals surface area contributed by atoms with Gasteiger partial charge < -0.3 is 0 Å². The third kappa shape index (κ3) is 2.87. The van der Waals surface area contributed by atoms with Gasteiger partial charge in [-0.1, -0.05) is 45.0 Å². The summed E-state index contributed by atoms with van der Waals surface area (Å²) < 4.78 is 28.1. The number of nitrogens with one attached hydrogen (secondary N) is 1. The molecular formula is C22H24N2O4S. The number of piperidine rings is 1. The fourth-order valence-corrected chi connectivity index (χ4v) is 5.67. The predicted octanol–water partition coefficient (Wildman–Crippen LogP) is 3.80. The van der Waals surface area contributed by atoms with Crippen molar-refractivity contribution in [2.75, 3.05) is 9.62 Å². The highest BCUT2D eigenvalue weighted by molar-refractivity contribution is 7.92. The Balaban J connectivity index is 1.71. The molecule has 1 heterocycles. The minimum absolute atomic E-state index is 0.00165. The van der Waals surface area contributed by atoms with Crippen molar-refractivity contribution in [3.63, 3.8) is 0 Å². The average Bonchev–Trinajstić information content (AvgIpc) is 2.86. The van der Waals surface area contributed by atoms with Crippen LogP contribution in [0.5, 0.6) is 0 Å². The number of hydrogen-bond donors (Lipinski definition) is 1. The summed E-state index contributed by atoms with van der Waals surface area (Å²) in [7, 11) is -3.86. The molecule has 0 unspecified atom stereocenters. The number of benzene rings is 2. The summed E-state index contributed by atoms with van der Waals surface area (Å²) in [6.45, 7) is 5.86. The first-order valence-electron chi connectivity index (χ1n) is 9.64. The van der Waals surface area contributed by atoms with Crippen LogP contribution in [-0.2, 0) is 19.6 Å². The van der Waals surface area contributed by atoms with Crippen molar-refractivity contribution in [2.24, 2.45) is 16.7 Å². The summed E-state index contributed by atoms with van der Waals surface area (Å²) in [5.41, 5.74) is -0.334. The maximum Gasteiger partial charge on any atom is 0.261 e. The molecule has 2 aliphatic rings. The van der Waals surface area contributed by atoms with Crippen LogP contribution in [0.15, 0.2) is 59.5 Å². The van der Waals surface area contributed by atoms with Crippen LogP contribution in [0.4, 0.5) is 11.4 Å². The zero-order chi connectivity index (χ0) is 21.0. The number of imide groups is 1. The van der Waals surface area contributed by atoms with Crippen molar-refractivity contribution in [2.45, 2.75) is 38.5 Å². The van der Waals surface area contributed by atoms with Gasteiger partial charge in [0.05, 0.1) is 16.0 Å². The Bertz CT molecular complexity index is 1090. The second-order valence-corrected chi connectivity index (χ2v) is 10.3. The van der Waals surface area contributed by atoms with E-state index >= 15 is 0 Å². The predicted molar refractivity (Wildman–Crippen MR) is 111 cm³/mol. The van der Waals surface area contributed by atoms with Gasteiger partial charge in [0.15, 0.2) is 0 Å². The number of rotatable bonds is 4. The summed E-state index contributed by atoms with van der Waals surface area (Å²) >= 11 is 0. The molecule has 2 atom stereocenters. The number of anilines is 2. The molecule has 0 aromatic heterocycles. The van der Waals surface area contributed by atoms with Gasteiger partial charge in [-0.25, -0.2) is 13.3 Å². The van der Waals surface area contributed by atoms with Gasteiger partial charge >= 0.3 is 0 Å². The second kappa shape index (κ2) is 6.42. The lowest BCUT2D eigenvalue weighted by Crippen LogP contribution is -2.59. The van der Waals surface area contributed by atoms with Gasteiger partial charge in [0.1, 0.15) is 0 Å². The van der Waals surface area contributed by atoms with Crippen LogP contribution in [0.2, 0.25) is 0 Å². The Labute approximate surface area is 171 Å². The zero-order valence-corrected chi connectivity index (χ0v) is 17.5. The largest absolute Gasteiger partial charge is 0.280 e. The van der Waals surface area contributed by atoms with Gasteiger partial charge in [-0.15, -0.1) is 0 Å². The third-order valence-corrected chi connectivity index (χ3v) is 8.21. The average molecular weight is 413 g/mol. The van der Waals surface area contributed by atoms with Crippen molar-refractivity contribution in [3.8, 4) is 0 Å². The normalized spacial score (nSPS) is 25.9. The topological polar surface area (TPSA) is 83.6 Å². The van der Waals surface area contributed by atoms with Gasteiger partial charge in [-0.05, 0) is 48.6 Å². The van der Waals surface area contributed by atoms with Crippen LogP contribution in [0.3, 0.4) is 0 Å². The Morgan fingerprint density at radius 3 is 2.38 bits per heavy atom. The van der Waals surface area contributed by atoms with E-state index in [1.807, 2.05) is 20.8 Å². The van der Waals surface area contributed by atoms with Gasteiger partial charge in [0.25, 0.3) is 10.0 Å². The number of sulfonamides is 1. The maximum absolute atomic E-state index is 13.3. The number of carbonyl (C=O) groups is 2. The summed E-state index contributed by atoms with van der Waals surface area (Å²) in [5, 5.41) is 0. The van der Waals surface area contributed by atoms with E-state index in [1.54, 1.807) is 42.5 Å². The monoisotopic (exact) mass is 412 g/mol. The summed E-state index contributed by atoms with van der Waals surface area (Å²) in [5.74, 6) is -0.764. The van der Waals surface area contributed by atoms with E-state index in [-0.39, 0.29) is 22.6 Å². The van der Waals surface area contributed by atoms with Crippen molar-refractivity contribution >= 4 is 33.2 Å². The number of amides is 2. The van der Waals surface area contributed by atoms with Crippen molar-refractivity contribution < 1.29 is 18.0 Å². The van der Waals surface area contributed by atoms with Gasteiger partial charge in [-0.3, -0.25) is 14.3 Å². The van der Waals surface area contributed by atoms with Crippen LogP contribution in [-0.4, -0.2) is 20.2 Å². The number of hydrogen-bond acceptors (Lipinski definition) is 4. The van der Waals surface area contributed by atoms with E-state index in [9.17, 15) is 18.0 Å². The number of para-hydroxylation sites is 1. The molecule has 1 aliphatic heterocycles. The van der Waals surface area contributed by atoms with Crippen LogP contribution in [0, 0.1) is 16.7 Å². The number of fused-ring (bicyclic) bond motifs is 2. The van der Waals surface area contributed by atoms with Crippen molar-refractivity contribution in [1.82, 2.24) is 0 Å². The molecule has 2 aromatic rings. The lowest BCUT2D eigenvalue weighted by molar-refractivity contribution is -0.146. The van der Waals surface area contributed by atoms with E-state index in [0.717, 1.165) is 0 Å². The summed E-state index contributed by atoms with van der Waals surface area (Å²) in [6, 6.07) is 14.6. The first-order chi connectivity index (χ1) is 13.6. The van der Waals surface area contributed by atoms with Crippen LogP contribution >= 0.6 is 0 Å². The van der Waals surface area contributed by atoms with Gasteiger partial charge in [0.2, 0.25) is 11.8 Å². The molecule has 152 valence electrons. The molecule has 2 aromatic carbocycles. The SMILES string of the molecule is CC1(C)[C@H]2CC[C@]1(C)C(=O)N(c1cccc(S(=O)(=O)Nc3ccccc3)c1)C2=O. The van der Waals surface area contributed by atoms with Crippen molar-refractivity contribution in [1.29, 1.82) is 0 Å². The molecule has 1 saturated heterocycles. The molecule has 2 fully saturated rings. The molecule has 2 amide bonds. The molecule has 1 saturated carbocycles. The van der Waals surface area contributed by atoms with Crippen LogP contribution in [0.1, 0.15) is 33.6 Å². The Morgan fingerprint density at radius 2 is 1.69 bits per heavy atom. The number of nitrogens with zero attached hydrogens (tertiary/aromatic N) is 1. The molecule has 1 aliphatic carbocycles. The lowest BCUT2D eigenvalue weighted by atomic mass is 9.62. The highest BCUT2D eigenvalue weighted by Gasteiger charge is 2.64. The highest BCUT2D eigenvalue weighted by Crippen LogP contribution is 2.60. The smallest absolute Gasteiger partial charge is 0.261 e. The molecule has 6 nitrogen and oxygen atoms in total. The Morgan fingerprint density at radius 1 is 1.00 bits per heavy atom. The molecule has 4 rings (SSSR count). The minimum Gasteiger partial charge on any atom is -0.280 e. The van der Waals surface area contributed by atoms with Crippen LogP contribution < -0.4 is 9.62 Å². The van der Waals surface area contributed by atoms with Crippen molar-refractivity contribution in [3.05, 3.63) is 54.6 Å². The molecule has 7 heteroatoms. The molecule has 0 radical (unpaired) electrons. The van der Waals surface area contributed by atoms with Gasteiger partial charge in [0, 0.05) is 11.6 Å². The third-order valence-electron chi connectivity index (χ3n) is 6.83. The standard InChI is InChI=1S/C22H24N2O4S/c1-21(2)18-12-13-22(21,3)20(26)24(19(18)25)16-10-7-11-17(14-16)29(27,28)23-15-8-5-4-6-9-15/h4-11,14,18,23H,12-13H2,1-3H3/t18-,22+/m0/s1. The fraction of sp³-hybridized carbons (Fsp3) is 0.364. The Hall–Kier alpha value is -2.67. The summed E-state index contributed by atoms with van der Waals surface area (Å²) in [4.78, 5) is 27.7. The minimum atomic E-state index is -3.86. The van der Waals surface area contributed by atoms with E-state index in [0.29, 0.717) is 24.2 Å². The lowest BCUT2D eigenvalue weighted by Gasteiger charge is -2.47. The molecule has 29 heavy (non-hydrogen) atoms.